The van der Waals surface area contributed by atoms with Gasteiger partial charge in [-0.05, 0) is 6.92 Å². The SMILES string of the molecule is COc1cnc(-c2cnccn2)c2[nH]cc(C(C)=O)c12. The van der Waals surface area contributed by atoms with Gasteiger partial charge in [0.15, 0.2) is 5.78 Å². The minimum Gasteiger partial charge on any atom is -0.494 e. The number of Topliss-reactive ketones (excluding diaryl/α,β-unsaturated/α-hetero) is 1. The van der Waals surface area contributed by atoms with Crippen LogP contribution in [0.5, 0.6) is 5.75 Å². The Morgan fingerprint density at radius 1 is 1.25 bits per heavy atom. The molecule has 0 radical (unpaired) electrons. The van der Waals surface area contributed by atoms with Crippen LogP contribution in [0.1, 0.15) is 17.3 Å². The summed E-state index contributed by atoms with van der Waals surface area (Å²) in [5, 5.41) is 0.718. The molecule has 3 aromatic heterocycles. The number of hydrogen-bond donors (Lipinski definition) is 1. The molecule has 20 heavy (non-hydrogen) atoms. The number of ketones is 1. The quantitative estimate of drug-likeness (QED) is 0.737. The molecule has 0 bridgehead atoms. The molecule has 0 amide bonds. The molecule has 100 valence electrons. The molecule has 0 aromatic carbocycles. The third kappa shape index (κ3) is 1.82. The first kappa shape index (κ1) is 12.3. The van der Waals surface area contributed by atoms with Crippen molar-refractivity contribution in [2.75, 3.05) is 7.11 Å². The highest BCUT2D eigenvalue weighted by Crippen LogP contribution is 2.33. The number of methoxy groups -OCH3 is 1. The molecule has 0 saturated heterocycles. The highest BCUT2D eigenvalue weighted by atomic mass is 16.5. The van der Waals surface area contributed by atoms with Crippen LogP contribution in [0.15, 0.2) is 31.0 Å². The topological polar surface area (TPSA) is 80.8 Å². The molecule has 0 aliphatic carbocycles. The predicted molar refractivity (Wildman–Crippen MR) is 73.7 cm³/mol. The molecule has 6 heteroatoms. The Morgan fingerprint density at radius 3 is 2.75 bits per heavy atom. The molecule has 3 heterocycles. The Kier molecular flexibility index (Phi) is 2.90. The van der Waals surface area contributed by atoms with Crippen molar-refractivity contribution in [3.63, 3.8) is 0 Å². The number of pyridine rings is 1. The first-order chi connectivity index (χ1) is 9.72. The van der Waals surface area contributed by atoms with E-state index in [1.807, 2.05) is 0 Å². The summed E-state index contributed by atoms with van der Waals surface area (Å²) in [7, 11) is 1.55. The normalized spacial score (nSPS) is 10.7. The van der Waals surface area contributed by atoms with Crippen LogP contribution in [0.25, 0.3) is 22.3 Å². The van der Waals surface area contributed by atoms with Crippen LogP contribution in [0.4, 0.5) is 0 Å². The number of fused-ring (bicyclic) bond motifs is 1. The van der Waals surface area contributed by atoms with Crippen LogP contribution >= 0.6 is 0 Å². The number of carbonyl (C=O) groups excluding carboxylic acids is 1. The molecule has 0 fully saturated rings. The van der Waals surface area contributed by atoms with Gasteiger partial charge in [0.05, 0.1) is 30.4 Å². The first-order valence-corrected chi connectivity index (χ1v) is 6.03. The molecular formula is C14H12N4O2. The Morgan fingerprint density at radius 2 is 2.10 bits per heavy atom. The molecule has 0 aliphatic heterocycles. The molecule has 3 aromatic rings. The van der Waals surface area contributed by atoms with E-state index in [1.54, 1.807) is 38.1 Å². The molecule has 0 spiro atoms. The van der Waals surface area contributed by atoms with E-state index in [0.29, 0.717) is 22.7 Å². The third-order valence-electron chi connectivity index (χ3n) is 3.08. The van der Waals surface area contributed by atoms with Crippen molar-refractivity contribution in [2.45, 2.75) is 6.92 Å². The monoisotopic (exact) mass is 268 g/mol. The lowest BCUT2D eigenvalue weighted by Gasteiger charge is -2.06. The Hall–Kier alpha value is -2.76. The first-order valence-electron chi connectivity index (χ1n) is 6.03. The van der Waals surface area contributed by atoms with Crippen molar-refractivity contribution in [3.05, 3.63) is 36.5 Å². The van der Waals surface area contributed by atoms with Crippen molar-refractivity contribution < 1.29 is 9.53 Å². The van der Waals surface area contributed by atoms with Gasteiger partial charge < -0.3 is 9.72 Å². The fourth-order valence-corrected chi connectivity index (χ4v) is 2.17. The summed E-state index contributed by atoms with van der Waals surface area (Å²) < 4.78 is 5.30. The zero-order valence-corrected chi connectivity index (χ0v) is 11.0. The number of aromatic amines is 1. The number of rotatable bonds is 3. The maximum Gasteiger partial charge on any atom is 0.162 e. The minimum absolute atomic E-state index is 0.0363. The van der Waals surface area contributed by atoms with Gasteiger partial charge in [0.2, 0.25) is 0 Å². The lowest BCUT2D eigenvalue weighted by Crippen LogP contribution is -1.95. The summed E-state index contributed by atoms with van der Waals surface area (Å²) in [6, 6.07) is 0. The van der Waals surface area contributed by atoms with Crippen molar-refractivity contribution in [3.8, 4) is 17.1 Å². The van der Waals surface area contributed by atoms with E-state index in [9.17, 15) is 4.79 Å². The summed E-state index contributed by atoms with van der Waals surface area (Å²) >= 11 is 0. The van der Waals surface area contributed by atoms with Gasteiger partial charge in [0.25, 0.3) is 0 Å². The Balaban J connectivity index is 2.34. The lowest BCUT2D eigenvalue weighted by molar-refractivity contribution is 0.101. The highest BCUT2D eigenvalue weighted by Gasteiger charge is 2.18. The fourth-order valence-electron chi connectivity index (χ4n) is 2.17. The van der Waals surface area contributed by atoms with Gasteiger partial charge >= 0.3 is 0 Å². The second-order valence-electron chi connectivity index (χ2n) is 4.27. The van der Waals surface area contributed by atoms with Crippen LogP contribution in [0.2, 0.25) is 0 Å². The number of hydrogen-bond acceptors (Lipinski definition) is 5. The predicted octanol–water partition coefficient (Wildman–Crippen LogP) is 2.23. The van der Waals surface area contributed by atoms with Crippen molar-refractivity contribution >= 4 is 16.7 Å². The standard InChI is InChI=1S/C14H12N4O2/c1-8(19)9-5-17-14-12(9)11(20-2)7-18-13(14)10-6-15-3-4-16-10/h3-7,17H,1-2H3. The minimum atomic E-state index is -0.0363. The lowest BCUT2D eigenvalue weighted by atomic mass is 10.1. The number of nitrogens with one attached hydrogen (secondary N) is 1. The maximum absolute atomic E-state index is 11.7. The van der Waals surface area contributed by atoms with E-state index in [2.05, 4.69) is 19.9 Å². The molecule has 3 rings (SSSR count). The zero-order chi connectivity index (χ0) is 14.1. The number of ether oxygens (including phenoxy) is 1. The number of aromatic nitrogens is 4. The molecule has 0 unspecified atom stereocenters. The van der Waals surface area contributed by atoms with Crippen molar-refractivity contribution in [1.82, 2.24) is 19.9 Å². The zero-order valence-electron chi connectivity index (χ0n) is 11.0. The number of carbonyl (C=O) groups is 1. The average Bonchev–Trinajstić information content (AvgIpc) is 2.92. The van der Waals surface area contributed by atoms with Gasteiger partial charge in [-0.15, -0.1) is 0 Å². The Labute approximate surface area is 114 Å². The van der Waals surface area contributed by atoms with Gasteiger partial charge in [-0.25, -0.2) is 4.98 Å². The maximum atomic E-state index is 11.7. The molecular weight excluding hydrogens is 256 g/mol. The molecule has 6 nitrogen and oxygen atoms in total. The fraction of sp³-hybridized carbons (Fsp3) is 0.143. The highest BCUT2D eigenvalue weighted by molar-refractivity contribution is 6.11. The van der Waals surface area contributed by atoms with Crippen LogP contribution in [0, 0.1) is 0 Å². The molecule has 1 N–H and O–H groups in total. The number of nitrogens with zero attached hydrogens (tertiary/aromatic N) is 3. The van der Waals surface area contributed by atoms with E-state index in [0.717, 1.165) is 10.9 Å². The van der Waals surface area contributed by atoms with Crippen LogP contribution in [-0.2, 0) is 0 Å². The van der Waals surface area contributed by atoms with Crippen LogP contribution in [0.3, 0.4) is 0 Å². The summed E-state index contributed by atoms with van der Waals surface area (Å²) in [6.45, 7) is 1.52. The molecule has 0 saturated carbocycles. The van der Waals surface area contributed by atoms with E-state index in [1.165, 1.54) is 6.92 Å². The van der Waals surface area contributed by atoms with Gasteiger partial charge in [0, 0.05) is 24.2 Å². The average molecular weight is 268 g/mol. The van der Waals surface area contributed by atoms with Gasteiger partial charge in [-0.1, -0.05) is 0 Å². The van der Waals surface area contributed by atoms with Crippen LogP contribution < -0.4 is 4.74 Å². The summed E-state index contributed by atoms with van der Waals surface area (Å²) in [5.74, 6) is 0.518. The number of H-pyrrole nitrogens is 1. The largest absolute Gasteiger partial charge is 0.494 e. The Bertz CT molecular complexity index is 780. The third-order valence-corrected chi connectivity index (χ3v) is 3.08. The van der Waals surface area contributed by atoms with Gasteiger partial charge in [-0.2, -0.15) is 0 Å². The second-order valence-corrected chi connectivity index (χ2v) is 4.27. The smallest absolute Gasteiger partial charge is 0.162 e. The second kappa shape index (κ2) is 4.73. The molecule has 0 aliphatic rings. The summed E-state index contributed by atoms with van der Waals surface area (Å²) in [5.41, 5.74) is 2.57. The summed E-state index contributed by atoms with van der Waals surface area (Å²) in [4.78, 5) is 27.4. The van der Waals surface area contributed by atoms with E-state index >= 15 is 0 Å². The van der Waals surface area contributed by atoms with E-state index < -0.39 is 0 Å². The van der Waals surface area contributed by atoms with Crippen LogP contribution in [-0.4, -0.2) is 32.8 Å². The summed E-state index contributed by atoms with van der Waals surface area (Å²) in [6.07, 6.45) is 8.08. The van der Waals surface area contributed by atoms with Gasteiger partial charge in [-0.3, -0.25) is 14.8 Å². The van der Waals surface area contributed by atoms with Gasteiger partial charge in [0.1, 0.15) is 17.1 Å². The molecule has 0 atom stereocenters. The van der Waals surface area contributed by atoms with Crippen molar-refractivity contribution in [2.24, 2.45) is 0 Å². The van der Waals surface area contributed by atoms with E-state index in [4.69, 9.17) is 4.74 Å². The van der Waals surface area contributed by atoms with E-state index in [-0.39, 0.29) is 5.78 Å². The van der Waals surface area contributed by atoms with Crippen molar-refractivity contribution in [1.29, 1.82) is 0 Å².